The van der Waals surface area contributed by atoms with Crippen LogP contribution in [0.15, 0.2) is 0 Å². The summed E-state index contributed by atoms with van der Waals surface area (Å²) in [5, 5.41) is 12.2. The van der Waals surface area contributed by atoms with Crippen LogP contribution in [0.1, 0.15) is 20.3 Å². The minimum absolute atomic E-state index is 0.111. The van der Waals surface area contributed by atoms with Crippen molar-refractivity contribution in [2.45, 2.75) is 31.9 Å². The van der Waals surface area contributed by atoms with Gasteiger partial charge < -0.3 is 15.2 Å². The molecule has 1 saturated heterocycles. The van der Waals surface area contributed by atoms with Crippen molar-refractivity contribution in [1.82, 2.24) is 5.32 Å². The Kier molecular flexibility index (Phi) is 2.87. The van der Waals surface area contributed by atoms with Crippen LogP contribution in [0.4, 0.5) is 0 Å². The van der Waals surface area contributed by atoms with Crippen molar-refractivity contribution in [2.75, 3.05) is 19.8 Å². The number of nitrogens with one attached hydrogen (secondary N) is 1. The van der Waals surface area contributed by atoms with Crippen LogP contribution in [-0.2, 0) is 4.74 Å². The molecular formula is C8H17NO2. The van der Waals surface area contributed by atoms with Gasteiger partial charge in [0.2, 0.25) is 0 Å². The SMILES string of the molecule is CCO[C@@H]1CN[C@@](C)(CO)C1. The lowest BCUT2D eigenvalue weighted by Gasteiger charge is -2.20. The fourth-order valence-electron chi connectivity index (χ4n) is 1.48. The molecular weight excluding hydrogens is 142 g/mol. The summed E-state index contributed by atoms with van der Waals surface area (Å²) in [7, 11) is 0. The molecule has 1 heterocycles. The summed E-state index contributed by atoms with van der Waals surface area (Å²) in [6.45, 7) is 5.83. The van der Waals surface area contributed by atoms with E-state index in [0.717, 1.165) is 19.6 Å². The summed E-state index contributed by atoms with van der Waals surface area (Å²) in [6.07, 6.45) is 1.20. The van der Waals surface area contributed by atoms with Gasteiger partial charge in [-0.05, 0) is 20.3 Å². The highest BCUT2D eigenvalue weighted by Gasteiger charge is 2.33. The Morgan fingerprint density at radius 1 is 1.73 bits per heavy atom. The Balaban J connectivity index is 2.33. The summed E-state index contributed by atoms with van der Waals surface area (Å²) in [4.78, 5) is 0. The number of ether oxygens (including phenoxy) is 1. The van der Waals surface area contributed by atoms with Gasteiger partial charge in [-0.1, -0.05) is 0 Å². The van der Waals surface area contributed by atoms with Crippen molar-refractivity contribution in [3.05, 3.63) is 0 Å². The minimum atomic E-state index is -0.111. The average Bonchev–Trinajstić information content (AvgIpc) is 2.35. The molecule has 0 aromatic rings. The second-order valence-electron chi connectivity index (χ2n) is 3.38. The van der Waals surface area contributed by atoms with Crippen molar-refractivity contribution in [2.24, 2.45) is 0 Å². The van der Waals surface area contributed by atoms with Crippen LogP contribution in [0.3, 0.4) is 0 Å². The summed E-state index contributed by atoms with van der Waals surface area (Å²) in [6, 6.07) is 0. The molecule has 2 atom stereocenters. The van der Waals surface area contributed by atoms with Crippen LogP contribution >= 0.6 is 0 Å². The molecule has 0 radical (unpaired) electrons. The molecule has 1 rings (SSSR count). The van der Waals surface area contributed by atoms with Gasteiger partial charge in [0.15, 0.2) is 0 Å². The highest BCUT2D eigenvalue weighted by molar-refractivity contribution is 4.93. The summed E-state index contributed by atoms with van der Waals surface area (Å²) >= 11 is 0. The second-order valence-corrected chi connectivity index (χ2v) is 3.38. The lowest BCUT2D eigenvalue weighted by atomic mass is 10.0. The molecule has 0 spiro atoms. The van der Waals surface area contributed by atoms with Gasteiger partial charge in [0.1, 0.15) is 0 Å². The van der Waals surface area contributed by atoms with Crippen molar-refractivity contribution in [3.63, 3.8) is 0 Å². The second kappa shape index (κ2) is 3.52. The predicted octanol–water partition coefficient (Wildman–Crippen LogP) is 0.136. The molecule has 0 aliphatic carbocycles. The third-order valence-corrected chi connectivity index (χ3v) is 2.19. The molecule has 1 aliphatic heterocycles. The summed E-state index contributed by atoms with van der Waals surface area (Å²) in [5.41, 5.74) is -0.111. The van der Waals surface area contributed by atoms with Crippen LogP contribution in [-0.4, -0.2) is 36.5 Å². The predicted molar refractivity (Wildman–Crippen MR) is 43.5 cm³/mol. The number of aliphatic hydroxyl groups is 1. The van der Waals surface area contributed by atoms with Crippen LogP contribution in [0, 0.1) is 0 Å². The van der Waals surface area contributed by atoms with E-state index in [1.807, 2.05) is 13.8 Å². The van der Waals surface area contributed by atoms with Gasteiger partial charge >= 0.3 is 0 Å². The molecule has 0 bridgehead atoms. The van der Waals surface area contributed by atoms with E-state index in [4.69, 9.17) is 9.84 Å². The molecule has 2 N–H and O–H groups in total. The zero-order valence-electron chi connectivity index (χ0n) is 7.26. The smallest absolute Gasteiger partial charge is 0.0717 e. The Labute approximate surface area is 67.7 Å². The molecule has 11 heavy (non-hydrogen) atoms. The number of hydrogen-bond donors (Lipinski definition) is 2. The van der Waals surface area contributed by atoms with E-state index < -0.39 is 0 Å². The molecule has 3 nitrogen and oxygen atoms in total. The van der Waals surface area contributed by atoms with Crippen molar-refractivity contribution in [3.8, 4) is 0 Å². The van der Waals surface area contributed by atoms with Crippen LogP contribution in [0.5, 0.6) is 0 Å². The van der Waals surface area contributed by atoms with E-state index in [2.05, 4.69) is 5.32 Å². The number of hydrogen-bond acceptors (Lipinski definition) is 3. The molecule has 0 aromatic heterocycles. The monoisotopic (exact) mass is 159 g/mol. The Hall–Kier alpha value is -0.120. The average molecular weight is 159 g/mol. The summed E-state index contributed by atoms with van der Waals surface area (Å²) in [5.74, 6) is 0. The quantitative estimate of drug-likeness (QED) is 0.615. The molecule has 0 aromatic carbocycles. The Morgan fingerprint density at radius 2 is 2.45 bits per heavy atom. The van der Waals surface area contributed by atoms with Crippen LogP contribution in [0.25, 0.3) is 0 Å². The fraction of sp³-hybridized carbons (Fsp3) is 1.00. The highest BCUT2D eigenvalue weighted by Crippen LogP contribution is 2.20. The van der Waals surface area contributed by atoms with Crippen LogP contribution in [0.2, 0.25) is 0 Å². The molecule has 0 saturated carbocycles. The lowest BCUT2D eigenvalue weighted by molar-refractivity contribution is 0.0680. The molecule has 0 amide bonds. The Bertz CT molecular complexity index is 129. The fourth-order valence-corrected chi connectivity index (χ4v) is 1.48. The lowest BCUT2D eigenvalue weighted by Crippen LogP contribution is -2.39. The number of aliphatic hydroxyl groups excluding tert-OH is 1. The van der Waals surface area contributed by atoms with Gasteiger partial charge in [-0.25, -0.2) is 0 Å². The topological polar surface area (TPSA) is 41.5 Å². The zero-order chi connectivity index (χ0) is 8.32. The third kappa shape index (κ3) is 2.15. The first kappa shape index (κ1) is 8.97. The normalized spacial score (nSPS) is 37.9. The molecule has 66 valence electrons. The Morgan fingerprint density at radius 3 is 2.91 bits per heavy atom. The molecule has 1 aliphatic rings. The standard InChI is InChI=1S/C8H17NO2/c1-3-11-7-4-8(2,6-10)9-5-7/h7,9-10H,3-6H2,1-2H3/t7-,8+/m0/s1. The highest BCUT2D eigenvalue weighted by atomic mass is 16.5. The van der Waals surface area contributed by atoms with E-state index in [1.165, 1.54) is 0 Å². The van der Waals surface area contributed by atoms with Gasteiger partial charge in [-0.3, -0.25) is 0 Å². The van der Waals surface area contributed by atoms with Gasteiger partial charge in [-0.15, -0.1) is 0 Å². The minimum Gasteiger partial charge on any atom is -0.394 e. The van der Waals surface area contributed by atoms with Crippen molar-refractivity contribution in [1.29, 1.82) is 0 Å². The third-order valence-electron chi connectivity index (χ3n) is 2.19. The van der Waals surface area contributed by atoms with Crippen molar-refractivity contribution >= 4 is 0 Å². The van der Waals surface area contributed by atoms with Gasteiger partial charge in [0.25, 0.3) is 0 Å². The molecule has 1 fully saturated rings. The molecule has 3 heteroatoms. The maximum absolute atomic E-state index is 8.99. The van der Waals surface area contributed by atoms with Gasteiger partial charge in [0.05, 0.1) is 12.7 Å². The van der Waals surface area contributed by atoms with E-state index in [0.29, 0.717) is 0 Å². The van der Waals surface area contributed by atoms with E-state index in [9.17, 15) is 0 Å². The maximum atomic E-state index is 8.99. The first-order valence-electron chi connectivity index (χ1n) is 4.17. The van der Waals surface area contributed by atoms with Crippen LogP contribution < -0.4 is 5.32 Å². The van der Waals surface area contributed by atoms with E-state index in [1.54, 1.807) is 0 Å². The van der Waals surface area contributed by atoms with E-state index in [-0.39, 0.29) is 18.2 Å². The first-order valence-corrected chi connectivity index (χ1v) is 4.17. The van der Waals surface area contributed by atoms with Gasteiger partial charge in [-0.2, -0.15) is 0 Å². The number of rotatable bonds is 3. The van der Waals surface area contributed by atoms with Gasteiger partial charge in [0, 0.05) is 18.7 Å². The van der Waals surface area contributed by atoms with Crippen molar-refractivity contribution < 1.29 is 9.84 Å². The molecule has 0 unspecified atom stereocenters. The maximum Gasteiger partial charge on any atom is 0.0717 e. The first-order chi connectivity index (χ1) is 5.20. The largest absolute Gasteiger partial charge is 0.394 e. The van der Waals surface area contributed by atoms with E-state index >= 15 is 0 Å². The summed E-state index contributed by atoms with van der Waals surface area (Å²) < 4.78 is 5.43. The zero-order valence-corrected chi connectivity index (χ0v) is 7.26.